The molecule has 1 aliphatic rings. The van der Waals surface area contributed by atoms with E-state index in [4.69, 9.17) is 9.47 Å². The molecule has 0 aromatic carbocycles. The first kappa shape index (κ1) is 19.2. The number of hydrogen-bond donors (Lipinski definition) is 4. The van der Waals surface area contributed by atoms with E-state index in [0.717, 1.165) is 23.6 Å². The smallest absolute Gasteiger partial charge is 0.412 e. The van der Waals surface area contributed by atoms with Gasteiger partial charge in [0.05, 0.1) is 18.9 Å². The van der Waals surface area contributed by atoms with Gasteiger partial charge >= 0.3 is 11.8 Å². The van der Waals surface area contributed by atoms with Gasteiger partial charge in [0.25, 0.3) is 0 Å². The summed E-state index contributed by atoms with van der Waals surface area (Å²) in [5, 5.41) is 31.8. The van der Waals surface area contributed by atoms with Gasteiger partial charge in [-0.25, -0.2) is 9.59 Å². The molecule has 0 aliphatic carbocycles. The minimum atomic E-state index is -1.35. The molecule has 0 spiro atoms. The highest BCUT2D eigenvalue weighted by Crippen LogP contribution is 2.29. The third-order valence-electron chi connectivity index (χ3n) is 3.89. The molecular weight excluding hydrogens is 334 g/mol. The number of hydrogen-bond acceptors (Lipinski definition) is 8. The number of amides is 1. The molecule has 2 unspecified atom stereocenters. The van der Waals surface area contributed by atoms with Crippen molar-refractivity contribution in [1.29, 1.82) is 0 Å². The van der Waals surface area contributed by atoms with Crippen LogP contribution >= 0.6 is 0 Å². The van der Waals surface area contributed by atoms with Crippen molar-refractivity contribution in [3.63, 3.8) is 0 Å². The van der Waals surface area contributed by atoms with E-state index >= 15 is 0 Å². The summed E-state index contributed by atoms with van der Waals surface area (Å²) in [4.78, 5) is 27.3. The molecule has 140 valence electrons. The quantitative estimate of drug-likeness (QED) is 0.533. The number of nitrogens with one attached hydrogen (secondary N) is 1. The van der Waals surface area contributed by atoms with Gasteiger partial charge in [-0.15, -0.1) is 0 Å². The van der Waals surface area contributed by atoms with Gasteiger partial charge in [-0.1, -0.05) is 19.8 Å². The molecule has 1 aromatic rings. The molecule has 10 nitrogen and oxygen atoms in total. The largest absolute Gasteiger partial charge is 0.503 e. The Balaban J connectivity index is 2.07. The predicted molar refractivity (Wildman–Crippen MR) is 86.3 cm³/mol. The van der Waals surface area contributed by atoms with Crippen LogP contribution < -0.4 is 11.0 Å². The number of unbranched alkanes of at least 4 members (excludes halogenated alkanes) is 2. The van der Waals surface area contributed by atoms with Crippen LogP contribution in [0.5, 0.6) is 5.75 Å². The monoisotopic (exact) mass is 357 g/mol. The van der Waals surface area contributed by atoms with Gasteiger partial charge in [-0.2, -0.15) is 4.98 Å². The lowest BCUT2D eigenvalue weighted by Crippen LogP contribution is -2.35. The van der Waals surface area contributed by atoms with Crippen molar-refractivity contribution in [3.05, 3.63) is 16.7 Å². The number of aliphatic hydroxyl groups excluding tert-OH is 2. The minimum Gasteiger partial charge on any atom is -0.503 e. The Morgan fingerprint density at radius 3 is 2.72 bits per heavy atom. The van der Waals surface area contributed by atoms with Gasteiger partial charge in [0.1, 0.15) is 12.2 Å². The number of nitrogens with zero attached hydrogens (tertiary/aromatic N) is 2. The summed E-state index contributed by atoms with van der Waals surface area (Å²) in [7, 11) is 0. The number of aromatic nitrogens is 2. The molecule has 10 heteroatoms. The highest BCUT2D eigenvalue weighted by atomic mass is 16.6. The molecule has 4 N–H and O–H groups in total. The van der Waals surface area contributed by atoms with E-state index in [1.54, 1.807) is 0 Å². The summed E-state index contributed by atoms with van der Waals surface area (Å²) in [6, 6.07) is 0. The van der Waals surface area contributed by atoms with E-state index in [2.05, 4.69) is 10.3 Å². The zero-order chi connectivity index (χ0) is 18.6. The number of ether oxygens (including phenoxy) is 2. The zero-order valence-electron chi connectivity index (χ0n) is 14.1. The van der Waals surface area contributed by atoms with Crippen molar-refractivity contribution in [2.75, 3.05) is 11.9 Å². The first-order valence-corrected chi connectivity index (χ1v) is 8.12. The number of aromatic hydroxyl groups is 1. The van der Waals surface area contributed by atoms with Crippen molar-refractivity contribution in [1.82, 2.24) is 9.55 Å². The van der Waals surface area contributed by atoms with Gasteiger partial charge < -0.3 is 24.8 Å². The van der Waals surface area contributed by atoms with Gasteiger partial charge in [0.2, 0.25) is 0 Å². The van der Waals surface area contributed by atoms with Crippen LogP contribution in [0.1, 0.15) is 39.3 Å². The molecule has 1 amide bonds. The second-order valence-corrected chi connectivity index (χ2v) is 5.85. The summed E-state index contributed by atoms with van der Waals surface area (Å²) in [6.07, 6.45) is -1.66. The maximum Gasteiger partial charge on any atom is 0.412 e. The molecule has 25 heavy (non-hydrogen) atoms. The Hall–Kier alpha value is -2.17. The minimum absolute atomic E-state index is 0.218. The van der Waals surface area contributed by atoms with Gasteiger partial charge in [-0.3, -0.25) is 9.88 Å². The van der Waals surface area contributed by atoms with Crippen molar-refractivity contribution in [3.8, 4) is 5.75 Å². The molecular formula is C15H23N3O7. The molecule has 1 fully saturated rings. The van der Waals surface area contributed by atoms with E-state index in [0.29, 0.717) is 6.42 Å². The van der Waals surface area contributed by atoms with Crippen LogP contribution in [0, 0.1) is 0 Å². The fourth-order valence-corrected chi connectivity index (χ4v) is 2.44. The van der Waals surface area contributed by atoms with Crippen LogP contribution in [0.25, 0.3) is 0 Å². The SMILES string of the molecule is CCCCCOC(=O)Nc1nc(=O)n([C@@H]2OC(C)[C@@H](O)C2O)cc1O. The van der Waals surface area contributed by atoms with Crippen LogP contribution in [0.4, 0.5) is 10.6 Å². The number of anilines is 1. The fourth-order valence-electron chi connectivity index (χ4n) is 2.44. The van der Waals surface area contributed by atoms with Crippen molar-refractivity contribution in [2.45, 2.75) is 57.6 Å². The van der Waals surface area contributed by atoms with E-state index < -0.39 is 42.1 Å². The van der Waals surface area contributed by atoms with E-state index in [-0.39, 0.29) is 12.4 Å². The molecule has 0 radical (unpaired) electrons. The predicted octanol–water partition coefficient (Wildman–Crippen LogP) is 0.327. The molecule has 2 rings (SSSR count). The van der Waals surface area contributed by atoms with Gasteiger partial charge in [0, 0.05) is 0 Å². The summed E-state index contributed by atoms with van der Waals surface area (Å²) >= 11 is 0. The highest BCUT2D eigenvalue weighted by Gasteiger charge is 2.42. The number of rotatable bonds is 6. The molecule has 0 bridgehead atoms. The third kappa shape index (κ3) is 4.47. The molecule has 0 saturated carbocycles. The normalized spacial score (nSPS) is 25.8. The van der Waals surface area contributed by atoms with Crippen LogP contribution in [-0.4, -0.2) is 55.9 Å². The number of carbonyl (C=O) groups excluding carboxylic acids is 1. The Morgan fingerprint density at radius 2 is 2.12 bits per heavy atom. The molecule has 1 saturated heterocycles. The molecule has 1 aromatic heterocycles. The maximum absolute atomic E-state index is 12.1. The Bertz CT molecular complexity index is 663. The highest BCUT2D eigenvalue weighted by molar-refractivity contribution is 5.84. The first-order chi connectivity index (χ1) is 11.8. The second kappa shape index (κ2) is 8.28. The maximum atomic E-state index is 12.1. The lowest BCUT2D eigenvalue weighted by atomic mass is 10.1. The Kier molecular flexibility index (Phi) is 6.34. The first-order valence-electron chi connectivity index (χ1n) is 8.12. The van der Waals surface area contributed by atoms with Crippen molar-refractivity contribution >= 4 is 11.9 Å². The molecule has 1 aliphatic heterocycles. The lowest BCUT2D eigenvalue weighted by Gasteiger charge is -2.18. The summed E-state index contributed by atoms with van der Waals surface area (Å²) in [6.45, 7) is 3.77. The standard InChI is InChI=1S/C15H23N3O7/c1-3-4-5-6-24-15(23)17-12-9(19)7-18(14(22)16-12)13-11(21)10(20)8(2)25-13/h7-8,10-11,13,19-21H,3-6H2,1-2H3,(H,16,17,22,23)/t8?,10-,11?,13-/m1/s1. The number of aliphatic hydroxyl groups is 2. The summed E-state index contributed by atoms with van der Waals surface area (Å²) in [5.74, 6) is -0.863. The zero-order valence-corrected chi connectivity index (χ0v) is 14.1. The van der Waals surface area contributed by atoms with E-state index in [1.807, 2.05) is 6.92 Å². The van der Waals surface area contributed by atoms with Gasteiger partial charge in [0.15, 0.2) is 17.8 Å². The van der Waals surface area contributed by atoms with Crippen LogP contribution in [0.2, 0.25) is 0 Å². The van der Waals surface area contributed by atoms with Crippen molar-refractivity contribution in [2.24, 2.45) is 0 Å². The average molecular weight is 357 g/mol. The van der Waals surface area contributed by atoms with Crippen LogP contribution in [-0.2, 0) is 9.47 Å². The molecule has 4 atom stereocenters. The second-order valence-electron chi connectivity index (χ2n) is 5.85. The number of carbonyl (C=O) groups is 1. The lowest BCUT2D eigenvalue weighted by molar-refractivity contribution is -0.0353. The Labute approximate surface area is 144 Å². The van der Waals surface area contributed by atoms with Gasteiger partial charge in [-0.05, 0) is 13.3 Å². The van der Waals surface area contributed by atoms with Crippen LogP contribution in [0.15, 0.2) is 11.0 Å². The topological polar surface area (TPSA) is 143 Å². The summed E-state index contributed by atoms with van der Waals surface area (Å²) in [5.41, 5.74) is -0.871. The molecule has 2 heterocycles. The average Bonchev–Trinajstić information content (AvgIpc) is 2.82. The van der Waals surface area contributed by atoms with Crippen molar-refractivity contribution < 1.29 is 29.6 Å². The van der Waals surface area contributed by atoms with E-state index in [9.17, 15) is 24.9 Å². The van der Waals surface area contributed by atoms with E-state index in [1.165, 1.54) is 6.92 Å². The third-order valence-corrected chi connectivity index (χ3v) is 3.89. The fraction of sp³-hybridized carbons (Fsp3) is 0.667. The Morgan fingerprint density at radius 1 is 1.40 bits per heavy atom. The van der Waals surface area contributed by atoms with Crippen LogP contribution in [0.3, 0.4) is 0 Å². The summed E-state index contributed by atoms with van der Waals surface area (Å²) < 4.78 is 11.1.